The Balaban J connectivity index is 1.95. The van der Waals surface area contributed by atoms with Gasteiger partial charge in [-0.05, 0) is 38.1 Å². The molecule has 110 valence electrons. The zero-order valence-electron chi connectivity index (χ0n) is 12.1. The highest BCUT2D eigenvalue weighted by molar-refractivity contribution is 5.94. The predicted molar refractivity (Wildman–Crippen MR) is 79.4 cm³/mol. The summed E-state index contributed by atoms with van der Waals surface area (Å²) in [7, 11) is 1.97. The van der Waals surface area contributed by atoms with Gasteiger partial charge < -0.3 is 15.8 Å². The van der Waals surface area contributed by atoms with Gasteiger partial charge in [-0.2, -0.15) is 0 Å². The lowest BCUT2D eigenvalue weighted by Crippen LogP contribution is -2.45. The molecule has 1 heterocycles. The highest BCUT2D eigenvalue weighted by Crippen LogP contribution is 2.15. The minimum Gasteiger partial charge on any atom is -0.380 e. The number of nitrogens with one attached hydrogen (secondary N) is 1. The fourth-order valence-corrected chi connectivity index (χ4v) is 2.37. The van der Waals surface area contributed by atoms with Crippen LogP contribution in [0.5, 0.6) is 0 Å². The molecule has 0 saturated carbocycles. The number of nitrogens with two attached hydrogens (primary N) is 1. The minimum atomic E-state index is -0.191. The van der Waals surface area contributed by atoms with Crippen LogP contribution in [0.4, 0.5) is 5.69 Å². The molecular weight excluding hydrogens is 254 g/mol. The molecule has 5 heteroatoms. The topological polar surface area (TPSA) is 67.6 Å². The number of carbonyl (C=O) groups is 1. The summed E-state index contributed by atoms with van der Waals surface area (Å²) in [6.07, 6.45) is 0.983. The number of hydrogen-bond donors (Lipinski definition) is 2. The molecule has 1 amide bonds. The normalized spacial score (nSPS) is 20.1. The van der Waals surface area contributed by atoms with Gasteiger partial charge in [0.15, 0.2) is 0 Å². The molecule has 1 aliphatic heterocycles. The minimum absolute atomic E-state index is 0.00595. The Bertz CT molecular complexity index is 458. The summed E-state index contributed by atoms with van der Waals surface area (Å²) in [5.41, 5.74) is 7.41. The van der Waals surface area contributed by atoms with E-state index >= 15 is 0 Å². The molecule has 20 heavy (non-hydrogen) atoms. The smallest absolute Gasteiger partial charge is 0.241 e. The number of nitrogens with zero attached hydrogens (tertiary/aromatic N) is 1. The molecule has 1 aromatic carbocycles. The van der Waals surface area contributed by atoms with Crippen molar-refractivity contribution in [2.45, 2.75) is 32.0 Å². The van der Waals surface area contributed by atoms with Crippen molar-refractivity contribution in [3.05, 3.63) is 29.8 Å². The largest absolute Gasteiger partial charge is 0.380 e. The lowest BCUT2D eigenvalue weighted by atomic mass is 10.1. The SMILES string of the molecule is CC(C(=O)Nc1cccc(CN)c1)N(C)C1CCOC1. The summed E-state index contributed by atoms with van der Waals surface area (Å²) in [4.78, 5) is 14.4. The molecule has 2 rings (SSSR count). The second-order valence-corrected chi connectivity index (χ2v) is 5.25. The third kappa shape index (κ3) is 3.56. The molecule has 3 N–H and O–H groups in total. The molecule has 1 saturated heterocycles. The van der Waals surface area contributed by atoms with Crippen LogP contribution in [-0.2, 0) is 16.1 Å². The molecule has 0 aromatic heterocycles. The Hall–Kier alpha value is -1.43. The number of amides is 1. The lowest BCUT2D eigenvalue weighted by molar-refractivity contribution is -0.121. The zero-order valence-corrected chi connectivity index (χ0v) is 12.1. The second kappa shape index (κ2) is 6.83. The van der Waals surface area contributed by atoms with Gasteiger partial charge in [0.05, 0.1) is 12.6 Å². The van der Waals surface area contributed by atoms with Crippen LogP contribution in [0.25, 0.3) is 0 Å². The summed E-state index contributed by atoms with van der Waals surface area (Å²) in [5.74, 6) is -0.00595. The van der Waals surface area contributed by atoms with Crippen molar-refractivity contribution in [3.8, 4) is 0 Å². The first kappa shape index (κ1) is 15.0. The maximum absolute atomic E-state index is 12.3. The van der Waals surface area contributed by atoms with Crippen LogP contribution in [0.3, 0.4) is 0 Å². The van der Waals surface area contributed by atoms with E-state index in [-0.39, 0.29) is 11.9 Å². The van der Waals surface area contributed by atoms with Gasteiger partial charge in [-0.3, -0.25) is 9.69 Å². The monoisotopic (exact) mass is 277 g/mol. The number of anilines is 1. The van der Waals surface area contributed by atoms with E-state index in [1.165, 1.54) is 0 Å². The molecule has 1 aromatic rings. The van der Waals surface area contributed by atoms with Gasteiger partial charge in [-0.15, -0.1) is 0 Å². The number of rotatable bonds is 5. The van der Waals surface area contributed by atoms with Gasteiger partial charge in [0.2, 0.25) is 5.91 Å². The molecule has 5 nitrogen and oxygen atoms in total. The first-order chi connectivity index (χ1) is 9.61. The van der Waals surface area contributed by atoms with Gasteiger partial charge in [0, 0.05) is 24.9 Å². The summed E-state index contributed by atoms with van der Waals surface area (Å²) < 4.78 is 5.37. The molecule has 2 unspecified atom stereocenters. The zero-order chi connectivity index (χ0) is 14.5. The van der Waals surface area contributed by atoms with Crippen molar-refractivity contribution in [1.29, 1.82) is 0 Å². The van der Waals surface area contributed by atoms with E-state index in [1.807, 2.05) is 38.2 Å². The van der Waals surface area contributed by atoms with Crippen LogP contribution >= 0.6 is 0 Å². The molecule has 2 atom stereocenters. The molecule has 0 aliphatic carbocycles. The average Bonchev–Trinajstić information content (AvgIpc) is 3.00. The first-order valence-corrected chi connectivity index (χ1v) is 7.01. The van der Waals surface area contributed by atoms with E-state index in [2.05, 4.69) is 10.2 Å². The van der Waals surface area contributed by atoms with Gasteiger partial charge in [-0.25, -0.2) is 0 Å². The van der Waals surface area contributed by atoms with E-state index in [1.54, 1.807) is 0 Å². The van der Waals surface area contributed by atoms with Gasteiger partial charge >= 0.3 is 0 Å². The number of likely N-dealkylation sites (N-methyl/N-ethyl adjacent to an activating group) is 1. The number of benzene rings is 1. The van der Waals surface area contributed by atoms with Crippen molar-refractivity contribution in [2.75, 3.05) is 25.6 Å². The van der Waals surface area contributed by atoms with E-state index < -0.39 is 0 Å². The number of carbonyl (C=O) groups excluding carboxylic acids is 1. The Morgan fingerprint density at radius 1 is 1.60 bits per heavy atom. The van der Waals surface area contributed by atoms with Gasteiger partial charge in [-0.1, -0.05) is 12.1 Å². The highest BCUT2D eigenvalue weighted by atomic mass is 16.5. The third-order valence-electron chi connectivity index (χ3n) is 3.90. The van der Waals surface area contributed by atoms with Gasteiger partial charge in [0.1, 0.15) is 0 Å². The van der Waals surface area contributed by atoms with E-state index in [0.29, 0.717) is 19.2 Å². The van der Waals surface area contributed by atoms with Crippen LogP contribution in [0.15, 0.2) is 24.3 Å². The summed E-state index contributed by atoms with van der Waals surface area (Å²) >= 11 is 0. The summed E-state index contributed by atoms with van der Waals surface area (Å²) in [5, 5.41) is 2.94. The summed E-state index contributed by atoms with van der Waals surface area (Å²) in [6.45, 7) is 3.87. The Morgan fingerprint density at radius 3 is 3.05 bits per heavy atom. The molecule has 0 bridgehead atoms. The van der Waals surface area contributed by atoms with E-state index in [4.69, 9.17) is 10.5 Å². The first-order valence-electron chi connectivity index (χ1n) is 7.01. The van der Waals surface area contributed by atoms with E-state index in [0.717, 1.165) is 24.3 Å². The predicted octanol–water partition coefficient (Wildman–Crippen LogP) is 1.19. The van der Waals surface area contributed by atoms with Crippen LogP contribution in [0, 0.1) is 0 Å². The quantitative estimate of drug-likeness (QED) is 0.848. The fourth-order valence-electron chi connectivity index (χ4n) is 2.37. The molecule has 0 radical (unpaired) electrons. The van der Waals surface area contributed by atoms with Crippen LogP contribution in [0.1, 0.15) is 18.9 Å². The van der Waals surface area contributed by atoms with Crippen molar-refractivity contribution in [3.63, 3.8) is 0 Å². The second-order valence-electron chi connectivity index (χ2n) is 5.25. The molecular formula is C15H23N3O2. The lowest BCUT2D eigenvalue weighted by Gasteiger charge is -2.28. The van der Waals surface area contributed by atoms with Crippen molar-refractivity contribution >= 4 is 11.6 Å². The van der Waals surface area contributed by atoms with Crippen molar-refractivity contribution < 1.29 is 9.53 Å². The number of hydrogen-bond acceptors (Lipinski definition) is 4. The highest BCUT2D eigenvalue weighted by Gasteiger charge is 2.27. The van der Waals surface area contributed by atoms with Crippen LogP contribution in [-0.4, -0.2) is 43.2 Å². The fraction of sp³-hybridized carbons (Fsp3) is 0.533. The maximum Gasteiger partial charge on any atom is 0.241 e. The third-order valence-corrected chi connectivity index (χ3v) is 3.90. The van der Waals surface area contributed by atoms with Crippen molar-refractivity contribution in [1.82, 2.24) is 4.90 Å². The Labute approximate surface area is 120 Å². The molecule has 0 spiro atoms. The Morgan fingerprint density at radius 2 is 2.40 bits per heavy atom. The average molecular weight is 277 g/mol. The number of ether oxygens (including phenoxy) is 1. The van der Waals surface area contributed by atoms with Crippen molar-refractivity contribution in [2.24, 2.45) is 5.73 Å². The molecule has 1 aliphatic rings. The molecule has 1 fully saturated rings. The standard InChI is InChI=1S/C15H23N3O2/c1-11(18(2)14-6-7-20-10-14)15(19)17-13-5-3-4-12(8-13)9-16/h3-5,8,11,14H,6-7,9-10,16H2,1-2H3,(H,17,19). The van der Waals surface area contributed by atoms with Crippen LogP contribution < -0.4 is 11.1 Å². The maximum atomic E-state index is 12.3. The van der Waals surface area contributed by atoms with E-state index in [9.17, 15) is 4.79 Å². The Kier molecular flexibility index (Phi) is 5.11. The summed E-state index contributed by atoms with van der Waals surface area (Å²) in [6, 6.07) is 7.76. The van der Waals surface area contributed by atoms with Crippen LogP contribution in [0.2, 0.25) is 0 Å². The van der Waals surface area contributed by atoms with Gasteiger partial charge in [0.25, 0.3) is 0 Å².